The highest BCUT2D eigenvalue weighted by Crippen LogP contribution is 2.36. The molecule has 1 aromatic carbocycles. The summed E-state index contributed by atoms with van der Waals surface area (Å²) < 4.78 is 0. The van der Waals surface area contributed by atoms with Crippen molar-refractivity contribution in [1.82, 2.24) is 5.43 Å². The lowest BCUT2D eigenvalue weighted by molar-refractivity contribution is 0.249. The minimum atomic E-state index is -0.597. The lowest BCUT2D eigenvalue weighted by atomic mass is 9.70. The van der Waals surface area contributed by atoms with Gasteiger partial charge in [0.15, 0.2) is 0 Å². The number of hydrazone groups is 1. The summed E-state index contributed by atoms with van der Waals surface area (Å²) in [7, 11) is 0. The number of carbonyl (C=O) groups is 1. The van der Waals surface area contributed by atoms with Crippen LogP contribution in [0.2, 0.25) is 0 Å². The molecular formula is C15H21N3O. The zero-order valence-corrected chi connectivity index (χ0v) is 11.4. The van der Waals surface area contributed by atoms with Gasteiger partial charge in [0.2, 0.25) is 0 Å². The molecule has 19 heavy (non-hydrogen) atoms. The van der Waals surface area contributed by atoms with E-state index in [2.05, 4.69) is 41.7 Å². The molecule has 1 fully saturated rings. The largest absolute Gasteiger partial charge is 0.350 e. The number of nitrogens with two attached hydrogens (primary N) is 1. The predicted octanol–water partition coefficient (Wildman–Crippen LogP) is 2.83. The van der Waals surface area contributed by atoms with Crippen LogP contribution in [0.5, 0.6) is 0 Å². The zero-order chi connectivity index (χ0) is 13.7. The van der Waals surface area contributed by atoms with Crippen molar-refractivity contribution in [3.05, 3.63) is 35.9 Å². The van der Waals surface area contributed by atoms with Crippen LogP contribution in [0.15, 0.2) is 35.4 Å². The SMILES string of the molecule is CC1(Cc2ccccc2)CCCC/C1=N/NC(N)=O. The fourth-order valence-corrected chi connectivity index (χ4v) is 2.80. The molecule has 1 aliphatic rings. The minimum Gasteiger partial charge on any atom is -0.350 e. The Morgan fingerprint density at radius 3 is 2.79 bits per heavy atom. The van der Waals surface area contributed by atoms with E-state index in [1.165, 1.54) is 12.0 Å². The molecule has 1 unspecified atom stereocenters. The van der Waals surface area contributed by atoms with Crippen LogP contribution >= 0.6 is 0 Å². The summed E-state index contributed by atoms with van der Waals surface area (Å²) >= 11 is 0. The molecule has 0 aliphatic heterocycles. The van der Waals surface area contributed by atoms with Crippen LogP contribution in [0.3, 0.4) is 0 Å². The quantitative estimate of drug-likeness (QED) is 0.805. The van der Waals surface area contributed by atoms with Crippen molar-refractivity contribution in [2.24, 2.45) is 16.3 Å². The first-order valence-electron chi connectivity index (χ1n) is 6.76. The molecule has 0 spiro atoms. The molecule has 1 saturated carbocycles. The third-order valence-electron chi connectivity index (χ3n) is 3.83. The lowest BCUT2D eigenvalue weighted by Gasteiger charge is -2.35. The van der Waals surface area contributed by atoms with E-state index in [0.29, 0.717) is 0 Å². The second kappa shape index (κ2) is 5.87. The number of nitrogens with one attached hydrogen (secondary N) is 1. The van der Waals surface area contributed by atoms with Crippen molar-refractivity contribution in [3.63, 3.8) is 0 Å². The van der Waals surface area contributed by atoms with Gasteiger partial charge >= 0.3 is 6.03 Å². The van der Waals surface area contributed by atoms with Crippen molar-refractivity contribution in [3.8, 4) is 0 Å². The Morgan fingerprint density at radius 1 is 1.37 bits per heavy atom. The van der Waals surface area contributed by atoms with Gasteiger partial charge in [0.05, 0.1) is 0 Å². The van der Waals surface area contributed by atoms with Crippen LogP contribution in [-0.2, 0) is 6.42 Å². The summed E-state index contributed by atoms with van der Waals surface area (Å²) in [6.45, 7) is 2.22. The molecule has 2 rings (SSSR count). The van der Waals surface area contributed by atoms with Gasteiger partial charge in [0.25, 0.3) is 0 Å². The van der Waals surface area contributed by atoms with Crippen molar-refractivity contribution in [2.75, 3.05) is 0 Å². The molecule has 0 heterocycles. The first kappa shape index (κ1) is 13.6. The summed E-state index contributed by atoms with van der Waals surface area (Å²) in [6, 6.07) is 9.81. The number of hydrogen-bond acceptors (Lipinski definition) is 2. The highest BCUT2D eigenvalue weighted by atomic mass is 16.2. The van der Waals surface area contributed by atoms with E-state index in [9.17, 15) is 4.79 Å². The van der Waals surface area contributed by atoms with Crippen LogP contribution in [0.25, 0.3) is 0 Å². The number of carbonyl (C=O) groups excluding carboxylic acids is 1. The molecule has 0 radical (unpaired) electrons. The lowest BCUT2D eigenvalue weighted by Crippen LogP contribution is -2.36. The van der Waals surface area contributed by atoms with Crippen LogP contribution in [0.4, 0.5) is 4.79 Å². The maximum atomic E-state index is 10.8. The molecule has 2 amide bonds. The third-order valence-corrected chi connectivity index (χ3v) is 3.83. The Morgan fingerprint density at radius 2 is 2.11 bits per heavy atom. The molecule has 0 saturated heterocycles. The minimum absolute atomic E-state index is 0.0159. The van der Waals surface area contributed by atoms with Gasteiger partial charge in [-0.25, -0.2) is 10.2 Å². The van der Waals surface area contributed by atoms with E-state index in [4.69, 9.17) is 5.73 Å². The van der Waals surface area contributed by atoms with Crippen molar-refractivity contribution in [1.29, 1.82) is 0 Å². The van der Waals surface area contributed by atoms with Crippen LogP contribution in [0, 0.1) is 5.41 Å². The summed E-state index contributed by atoms with van der Waals surface area (Å²) in [5.41, 5.74) is 9.85. The van der Waals surface area contributed by atoms with Gasteiger partial charge in [-0.3, -0.25) is 0 Å². The van der Waals surface area contributed by atoms with E-state index < -0.39 is 6.03 Å². The summed E-state index contributed by atoms with van der Waals surface area (Å²) in [5.74, 6) is 0. The molecule has 4 heteroatoms. The van der Waals surface area contributed by atoms with Gasteiger partial charge in [0.1, 0.15) is 0 Å². The highest BCUT2D eigenvalue weighted by molar-refractivity contribution is 5.91. The zero-order valence-electron chi connectivity index (χ0n) is 11.4. The van der Waals surface area contributed by atoms with Gasteiger partial charge in [-0.2, -0.15) is 5.10 Å². The molecule has 1 atom stereocenters. The smallest absolute Gasteiger partial charge is 0.332 e. The average molecular weight is 259 g/mol. The van der Waals surface area contributed by atoms with Crippen molar-refractivity contribution < 1.29 is 4.79 Å². The van der Waals surface area contributed by atoms with Crippen LogP contribution in [0.1, 0.15) is 38.2 Å². The Kier molecular flexibility index (Phi) is 4.20. The third kappa shape index (κ3) is 3.56. The van der Waals surface area contributed by atoms with E-state index in [0.717, 1.165) is 31.4 Å². The van der Waals surface area contributed by atoms with Gasteiger partial charge in [-0.1, -0.05) is 43.7 Å². The van der Waals surface area contributed by atoms with Gasteiger partial charge in [0, 0.05) is 11.1 Å². The first-order valence-corrected chi connectivity index (χ1v) is 6.76. The predicted molar refractivity (Wildman–Crippen MR) is 76.9 cm³/mol. The number of rotatable bonds is 3. The number of benzene rings is 1. The number of urea groups is 1. The summed E-state index contributed by atoms with van der Waals surface area (Å²) in [6.07, 6.45) is 5.32. The molecule has 3 N–H and O–H groups in total. The molecule has 1 aromatic rings. The van der Waals surface area contributed by atoms with Gasteiger partial charge in [-0.05, 0) is 31.2 Å². The molecule has 102 valence electrons. The first-order chi connectivity index (χ1) is 9.10. The Labute approximate surface area is 114 Å². The fourth-order valence-electron chi connectivity index (χ4n) is 2.80. The van der Waals surface area contributed by atoms with Crippen molar-refractivity contribution in [2.45, 2.75) is 39.0 Å². The molecule has 0 aromatic heterocycles. The second-order valence-electron chi connectivity index (χ2n) is 5.46. The summed E-state index contributed by atoms with van der Waals surface area (Å²) in [5, 5.41) is 4.22. The normalized spacial score (nSPS) is 25.2. The topological polar surface area (TPSA) is 67.5 Å². The number of amides is 2. The molecule has 0 bridgehead atoms. The maximum Gasteiger partial charge on any atom is 0.332 e. The van der Waals surface area contributed by atoms with E-state index in [-0.39, 0.29) is 5.41 Å². The van der Waals surface area contributed by atoms with E-state index >= 15 is 0 Å². The Bertz CT molecular complexity index is 470. The van der Waals surface area contributed by atoms with Crippen molar-refractivity contribution >= 4 is 11.7 Å². The van der Waals surface area contributed by atoms with Crippen LogP contribution < -0.4 is 11.2 Å². The monoisotopic (exact) mass is 259 g/mol. The molecule has 1 aliphatic carbocycles. The Balaban J connectivity index is 2.17. The van der Waals surface area contributed by atoms with E-state index in [1.54, 1.807) is 0 Å². The Hall–Kier alpha value is -1.84. The molecular weight excluding hydrogens is 238 g/mol. The van der Waals surface area contributed by atoms with Crippen LogP contribution in [-0.4, -0.2) is 11.7 Å². The number of primary amides is 1. The second-order valence-corrected chi connectivity index (χ2v) is 5.46. The number of hydrogen-bond donors (Lipinski definition) is 2. The van der Waals surface area contributed by atoms with Gasteiger partial charge in [-0.15, -0.1) is 0 Å². The maximum absolute atomic E-state index is 10.8. The average Bonchev–Trinajstić information content (AvgIpc) is 2.38. The van der Waals surface area contributed by atoms with Gasteiger partial charge < -0.3 is 5.73 Å². The van der Waals surface area contributed by atoms with E-state index in [1.807, 2.05) is 6.07 Å². The molecule has 4 nitrogen and oxygen atoms in total. The highest BCUT2D eigenvalue weighted by Gasteiger charge is 2.33. The standard InChI is InChI=1S/C15H21N3O/c1-15(11-12-7-3-2-4-8-12)10-6-5-9-13(15)17-18-14(16)19/h2-4,7-8H,5-6,9-11H2,1H3,(H3,16,18,19)/b17-13-. The summed E-state index contributed by atoms with van der Waals surface area (Å²) in [4.78, 5) is 10.8. The fraction of sp³-hybridized carbons (Fsp3) is 0.467. The number of nitrogens with zero attached hydrogens (tertiary/aromatic N) is 1.